The molecule has 0 bridgehead atoms. The van der Waals surface area contributed by atoms with E-state index in [0.717, 1.165) is 18.8 Å². The molecule has 1 N–H and O–H groups in total. The lowest BCUT2D eigenvalue weighted by molar-refractivity contribution is 0.203. The van der Waals surface area contributed by atoms with E-state index in [1.807, 2.05) is 0 Å². The van der Waals surface area contributed by atoms with Crippen LogP contribution >= 0.6 is 0 Å². The van der Waals surface area contributed by atoms with E-state index >= 15 is 0 Å². The van der Waals surface area contributed by atoms with Crippen LogP contribution in [0.15, 0.2) is 12.4 Å². The number of aromatic nitrogens is 2. The van der Waals surface area contributed by atoms with E-state index in [9.17, 15) is 0 Å². The summed E-state index contributed by atoms with van der Waals surface area (Å²) >= 11 is 0. The Balaban J connectivity index is 2.86. The van der Waals surface area contributed by atoms with Gasteiger partial charge in [0.15, 0.2) is 0 Å². The predicted molar refractivity (Wildman–Crippen MR) is 66.9 cm³/mol. The van der Waals surface area contributed by atoms with E-state index < -0.39 is 0 Å². The van der Waals surface area contributed by atoms with Crippen LogP contribution in [0.2, 0.25) is 0 Å². The van der Waals surface area contributed by atoms with Crippen LogP contribution in [0, 0.1) is 0 Å². The fourth-order valence-electron chi connectivity index (χ4n) is 1.58. The summed E-state index contributed by atoms with van der Waals surface area (Å²) in [5.41, 5.74) is 0.591. The van der Waals surface area contributed by atoms with E-state index in [4.69, 9.17) is 9.84 Å². The summed E-state index contributed by atoms with van der Waals surface area (Å²) in [5.74, 6) is 0.794. The van der Waals surface area contributed by atoms with Gasteiger partial charge in [0.2, 0.25) is 0 Å². The van der Waals surface area contributed by atoms with Crippen molar-refractivity contribution in [1.82, 2.24) is 9.97 Å². The second kappa shape index (κ2) is 7.19. The molecule has 96 valence electrons. The molecular weight excluding hydrogens is 218 g/mol. The van der Waals surface area contributed by atoms with E-state index in [1.54, 1.807) is 19.5 Å². The van der Waals surface area contributed by atoms with E-state index in [-0.39, 0.29) is 6.61 Å². The van der Waals surface area contributed by atoms with Crippen molar-refractivity contribution in [1.29, 1.82) is 0 Å². The molecule has 0 saturated heterocycles. The predicted octanol–water partition coefficient (Wildman–Crippen LogP) is 1.22. The highest BCUT2D eigenvalue weighted by Gasteiger charge is 2.14. The summed E-state index contributed by atoms with van der Waals surface area (Å²) in [5, 5.41) is 9.07. The highest BCUT2D eigenvalue weighted by molar-refractivity contribution is 5.37. The Morgan fingerprint density at radius 2 is 2.24 bits per heavy atom. The van der Waals surface area contributed by atoms with Crippen LogP contribution < -0.4 is 4.90 Å². The highest BCUT2D eigenvalue weighted by atomic mass is 16.5. The summed E-state index contributed by atoms with van der Waals surface area (Å²) in [4.78, 5) is 10.6. The zero-order valence-electron chi connectivity index (χ0n) is 10.8. The van der Waals surface area contributed by atoms with Crippen molar-refractivity contribution < 1.29 is 9.84 Å². The molecule has 1 unspecified atom stereocenters. The first-order valence-corrected chi connectivity index (χ1v) is 5.90. The summed E-state index contributed by atoms with van der Waals surface area (Å²) < 4.78 is 5.11. The fourth-order valence-corrected chi connectivity index (χ4v) is 1.58. The molecule has 0 aromatic carbocycles. The van der Waals surface area contributed by atoms with Gasteiger partial charge in [0, 0.05) is 19.7 Å². The molecule has 0 amide bonds. The molecule has 1 rings (SSSR count). The van der Waals surface area contributed by atoms with Crippen molar-refractivity contribution in [2.45, 2.75) is 32.9 Å². The molecule has 0 aliphatic carbocycles. The first-order valence-electron chi connectivity index (χ1n) is 5.90. The van der Waals surface area contributed by atoms with Gasteiger partial charge in [0.1, 0.15) is 5.82 Å². The Bertz CT molecular complexity index is 333. The van der Waals surface area contributed by atoms with Crippen LogP contribution in [0.4, 0.5) is 5.82 Å². The molecule has 0 aliphatic rings. The fraction of sp³-hybridized carbons (Fsp3) is 0.667. The maximum atomic E-state index is 9.07. The highest BCUT2D eigenvalue weighted by Crippen LogP contribution is 2.15. The SMILES string of the molecule is CCC(C)N(CCOC)c1cncc(CO)n1. The number of rotatable bonds is 7. The minimum atomic E-state index is -0.0839. The molecule has 5 heteroatoms. The van der Waals surface area contributed by atoms with Crippen LogP contribution in [-0.2, 0) is 11.3 Å². The third-order valence-electron chi connectivity index (χ3n) is 2.79. The third-order valence-corrected chi connectivity index (χ3v) is 2.79. The number of anilines is 1. The monoisotopic (exact) mass is 239 g/mol. The van der Waals surface area contributed by atoms with Crippen LogP contribution in [0.25, 0.3) is 0 Å². The van der Waals surface area contributed by atoms with Gasteiger partial charge in [-0.25, -0.2) is 4.98 Å². The topological polar surface area (TPSA) is 58.5 Å². The van der Waals surface area contributed by atoms with E-state index in [2.05, 4.69) is 28.7 Å². The first-order chi connectivity index (χ1) is 8.22. The summed E-state index contributed by atoms with van der Waals surface area (Å²) in [6, 6.07) is 0.369. The number of hydrogen-bond acceptors (Lipinski definition) is 5. The summed E-state index contributed by atoms with van der Waals surface area (Å²) in [7, 11) is 1.69. The average Bonchev–Trinajstić information content (AvgIpc) is 2.39. The first kappa shape index (κ1) is 13.9. The smallest absolute Gasteiger partial charge is 0.147 e. The van der Waals surface area contributed by atoms with Crippen LogP contribution in [0.1, 0.15) is 26.0 Å². The Hall–Kier alpha value is -1.20. The average molecular weight is 239 g/mol. The quantitative estimate of drug-likeness (QED) is 0.775. The minimum Gasteiger partial charge on any atom is -0.390 e. The number of aliphatic hydroxyl groups excluding tert-OH is 1. The maximum absolute atomic E-state index is 9.07. The zero-order chi connectivity index (χ0) is 12.7. The molecular formula is C12H21N3O2. The second-order valence-corrected chi connectivity index (χ2v) is 3.97. The minimum absolute atomic E-state index is 0.0839. The van der Waals surface area contributed by atoms with Crippen molar-refractivity contribution in [3.63, 3.8) is 0 Å². The van der Waals surface area contributed by atoms with Gasteiger partial charge in [0.05, 0.1) is 31.3 Å². The molecule has 5 nitrogen and oxygen atoms in total. The number of aliphatic hydroxyl groups is 1. The van der Waals surface area contributed by atoms with E-state index in [0.29, 0.717) is 18.3 Å². The lowest BCUT2D eigenvalue weighted by atomic mass is 10.2. The zero-order valence-corrected chi connectivity index (χ0v) is 10.8. The standard InChI is InChI=1S/C12H21N3O2/c1-4-10(2)15(5-6-17-3)12-8-13-7-11(9-16)14-12/h7-8,10,16H,4-6,9H2,1-3H3. The molecule has 0 spiro atoms. The molecule has 1 aromatic rings. The molecule has 0 aliphatic heterocycles. The van der Waals surface area contributed by atoms with Gasteiger partial charge in [-0.2, -0.15) is 0 Å². The number of methoxy groups -OCH3 is 1. The molecule has 1 aromatic heterocycles. The van der Waals surface area contributed by atoms with Crippen LogP contribution in [0.3, 0.4) is 0 Å². The molecule has 0 fully saturated rings. The third kappa shape index (κ3) is 3.94. The van der Waals surface area contributed by atoms with Crippen molar-refractivity contribution in [3.05, 3.63) is 18.1 Å². The van der Waals surface area contributed by atoms with Crippen LogP contribution in [-0.4, -0.2) is 41.4 Å². The number of nitrogens with zero attached hydrogens (tertiary/aromatic N) is 3. The Morgan fingerprint density at radius 1 is 1.47 bits per heavy atom. The largest absolute Gasteiger partial charge is 0.390 e. The normalized spacial score (nSPS) is 12.5. The summed E-state index contributed by atoms with van der Waals surface area (Å²) in [6.45, 7) is 5.61. The molecule has 17 heavy (non-hydrogen) atoms. The van der Waals surface area contributed by atoms with Gasteiger partial charge in [-0.05, 0) is 13.3 Å². The van der Waals surface area contributed by atoms with Gasteiger partial charge < -0.3 is 14.7 Å². The number of hydrogen-bond donors (Lipinski definition) is 1. The van der Waals surface area contributed by atoms with Gasteiger partial charge in [0.25, 0.3) is 0 Å². The summed E-state index contributed by atoms with van der Waals surface area (Å²) in [6.07, 6.45) is 4.32. The molecule has 1 heterocycles. The Morgan fingerprint density at radius 3 is 2.82 bits per heavy atom. The van der Waals surface area contributed by atoms with E-state index in [1.165, 1.54) is 0 Å². The Labute approximate surface area is 102 Å². The number of ether oxygens (including phenoxy) is 1. The molecule has 1 atom stereocenters. The molecule has 0 radical (unpaired) electrons. The second-order valence-electron chi connectivity index (χ2n) is 3.97. The maximum Gasteiger partial charge on any atom is 0.147 e. The van der Waals surface area contributed by atoms with Crippen molar-refractivity contribution >= 4 is 5.82 Å². The van der Waals surface area contributed by atoms with Gasteiger partial charge in [-0.1, -0.05) is 6.92 Å². The Kier molecular flexibility index (Phi) is 5.86. The van der Waals surface area contributed by atoms with Gasteiger partial charge >= 0.3 is 0 Å². The van der Waals surface area contributed by atoms with Crippen LogP contribution in [0.5, 0.6) is 0 Å². The van der Waals surface area contributed by atoms with Crippen molar-refractivity contribution in [2.75, 3.05) is 25.2 Å². The van der Waals surface area contributed by atoms with Gasteiger partial charge in [-0.15, -0.1) is 0 Å². The lowest BCUT2D eigenvalue weighted by Crippen LogP contribution is -2.36. The molecule has 0 saturated carbocycles. The van der Waals surface area contributed by atoms with Crippen molar-refractivity contribution in [3.8, 4) is 0 Å². The van der Waals surface area contributed by atoms with Gasteiger partial charge in [-0.3, -0.25) is 4.98 Å². The lowest BCUT2D eigenvalue weighted by Gasteiger charge is -2.29. The van der Waals surface area contributed by atoms with Crippen molar-refractivity contribution in [2.24, 2.45) is 0 Å².